The highest BCUT2D eigenvalue weighted by Crippen LogP contribution is 2.23. The molecule has 22 heavy (non-hydrogen) atoms. The smallest absolute Gasteiger partial charge is 0.335 e. The number of rotatable bonds is 8. The Morgan fingerprint density at radius 3 is 1.77 bits per heavy atom. The van der Waals surface area contributed by atoms with Gasteiger partial charge in [-0.3, -0.25) is 9.59 Å². The van der Waals surface area contributed by atoms with Crippen molar-refractivity contribution in [3.8, 4) is 0 Å². The van der Waals surface area contributed by atoms with E-state index in [-0.39, 0.29) is 12.4 Å². The first-order valence-electron chi connectivity index (χ1n) is 6.40. The van der Waals surface area contributed by atoms with Gasteiger partial charge in [-0.2, -0.15) is 0 Å². The van der Waals surface area contributed by atoms with E-state index in [9.17, 15) is 14.4 Å². The molecule has 0 bridgehead atoms. The molecule has 1 atom stereocenters. The third kappa shape index (κ3) is 5.12. The summed E-state index contributed by atoms with van der Waals surface area (Å²) in [7, 11) is 4.79. The average Bonchev–Trinajstić information content (AvgIpc) is 2.54. The molecule has 0 aromatic carbocycles. The van der Waals surface area contributed by atoms with E-state index in [1.807, 2.05) is 0 Å². The minimum absolute atomic E-state index is 0.0198. The summed E-state index contributed by atoms with van der Waals surface area (Å²) in [5.41, 5.74) is 0.162. The lowest BCUT2D eigenvalue weighted by Gasteiger charge is -2.21. The van der Waals surface area contributed by atoms with E-state index < -0.39 is 29.9 Å². The Morgan fingerprint density at radius 2 is 1.41 bits per heavy atom. The molecule has 0 spiro atoms. The minimum Gasteiger partial charge on any atom is -0.468 e. The molecule has 0 radical (unpaired) electrons. The van der Waals surface area contributed by atoms with E-state index in [0.29, 0.717) is 5.57 Å². The third-order valence-electron chi connectivity index (χ3n) is 3.04. The van der Waals surface area contributed by atoms with Crippen molar-refractivity contribution in [2.45, 2.75) is 20.0 Å². The van der Waals surface area contributed by atoms with Crippen molar-refractivity contribution in [2.24, 2.45) is 5.92 Å². The van der Waals surface area contributed by atoms with Gasteiger partial charge in [0.1, 0.15) is 6.79 Å². The summed E-state index contributed by atoms with van der Waals surface area (Å²) in [4.78, 5) is 35.8. The van der Waals surface area contributed by atoms with Crippen LogP contribution in [-0.4, -0.2) is 59.2 Å². The molecule has 0 aliphatic heterocycles. The van der Waals surface area contributed by atoms with Crippen LogP contribution in [0.15, 0.2) is 11.1 Å². The summed E-state index contributed by atoms with van der Waals surface area (Å²) in [6.07, 6.45) is -0.592. The first kappa shape index (κ1) is 20.1. The predicted molar refractivity (Wildman–Crippen MR) is 74.7 cm³/mol. The van der Waals surface area contributed by atoms with Crippen LogP contribution < -0.4 is 0 Å². The molecule has 0 aromatic rings. The van der Waals surface area contributed by atoms with E-state index in [2.05, 4.69) is 14.2 Å². The monoisotopic (exact) mass is 318 g/mol. The topological polar surface area (TPSA) is 97.4 Å². The third-order valence-corrected chi connectivity index (χ3v) is 3.04. The van der Waals surface area contributed by atoms with Crippen molar-refractivity contribution < 1.29 is 38.1 Å². The van der Waals surface area contributed by atoms with Gasteiger partial charge < -0.3 is 23.7 Å². The molecule has 0 saturated carbocycles. The van der Waals surface area contributed by atoms with Crippen molar-refractivity contribution in [3.63, 3.8) is 0 Å². The molecule has 126 valence electrons. The van der Waals surface area contributed by atoms with Crippen LogP contribution in [0.25, 0.3) is 0 Å². The second kappa shape index (κ2) is 9.91. The Balaban J connectivity index is 5.89. The van der Waals surface area contributed by atoms with Crippen LogP contribution in [-0.2, 0) is 38.1 Å². The maximum atomic E-state index is 12.0. The molecular formula is C14H22O8. The van der Waals surface area contributed by atoms with Crippen molar-refractivity contribution >= 4 is 17.9 Å². The number of ether oxygens (including phenoxy) is 5. The Bertz CT molecular complexity index is 424. The molecule has 0 aliphatic rings. The summed E-state index contributed by atoms with van der Waals surface area (Å²) >= 11 is 0. The first-order valence-corrected chi connectivity index (χ1v) is 6.40. The van der Waals surface area contributed by atoms with Crippen LogP contribution in [0.4, 0.5) is 0 Å². The van der Waals surface area contributed by atoms with Gasteiger partial charge in [-0.1, -0.05) is 0 Å². The summed E-state index contributed by atoms with van der Waals surface area (Å²) in [5, 5.41) is 0. The lowest BCUT2D eigenvalue weighted by molar-refractivity contribution is -0.159. The number of hydrogen-bond acceptors (Lipinski definition) is 8. The molecule has 0 rings (SSSR count). The minimum atomic E-state index is -1.55. The fraction of sp³-hybridized carbons (Fsp3) is 0.643. The van der Waals surface area contributed by atoms with Crippen molar-refractivity contribution in [2.75, 3.05) is 35.2 Å². The van der Waals surface area contributed by atoms with Crippen LogP contribution in [0.3, 0.4) is 0 Å². The SMILES string of the molecule is COCOC(C)/C(C)=C(/C(=O)OC)C(C(=O)OC)C(=O)OC. The molecule has 0 fully saturated rings. The highest BCUT2D eigenvalue weighted by molar-refractivity contribution is 6.07. The Labute approximate surface area is 129 Å². The van der Waals surface area contributed by atoms with Crippen LogP contribution in [0.1, 0.15) is 13.8 Å². The van der Waals surface area contributed by atoms with Gasteiger partial charge in [-0.05, 0) is 19.4 Å². The first-order chi connectivity index (χ1) is 10.3. The highest BCUT2D eigenvalue weighted by Gasteiger charge is 2.39. The number of carbonyl (C=O) groups is 3. The van der Waals surface area contributed by atoms with Gasteiger partial charge in [0.25, 0.3) is 0 Å². The van der Waals surface area contributed by atoms with Gasteiger partial charge in [0, 0.05) is 7.11 Å². The van der Waals surface area contributed by atoms with Gasteiger partial charge in [0.15, 0.2) is 5.92 Å². The maximum absolute atomic E-state index is 12.0. The normalized spacial score (nSPS) is 13.2. The summed E-state index contributed by atoms with van der Waals surface area (Å²) in [5.74, 6) is -4.24. The zero-order valence-corrected chi connectivity index (χ0v) is 13.6. The molecule has 1 unspecified atom stereocenters. The van der Waals surface area contributed by atoms with E-state index >= 15 is 0 Å². The zero-order valence-electron chi connectivity index (χ0n) is 13.6. The lowest BCUT2D eigenvalue weighted by Crippen LogP contribution is -2.34. The van der Waals surface area contributed by atoms with Crippen molar-refractivity contribution in [1.82, 2.24) is 0 Å². The molecule has 0 amide bonds. The number of carbonyl (C=O) groups excluding carboxylic acids is 3. The van der Waals surface area contributed by atoms with Crippen LogP contribution in [0.5, 0.6) is 0 Å². The predicted octanol–water partition coefficient (Wildman–Crippen LogP) is 0.447. The molecule has 0 aliphatic carbocycles. The Morgan fingerprint density at radius 1 is 0.909 bits per heavy atom. The summed E-state index contributed by atoms with van der Waals surface area (Å²) in [6.45, 7) is 3.17. The fourth-order valence-corrected chi connectivity index (χ4v) is 1.70. The molecule has 0 N–H and O–H groups in total. The van der Waals surface area contributed by atoms with Gasteiger partial charge >= 0.3 is 17.9 Å². The van der Waals surface area contributed by atoms with Gasteiger partial charge in [-0.15, -0.1) is 0 Å². The molecule has 0 saturated heterocycles. The molecule has 8 nitrogen and oxygen atoms in total. The number of hydrogen-bond donors (Lipinski definition) is 0. The molecule has 8 heteroatoms. The van der Waals surface area contributed by atoms with Crippen LogP contribution >= 0.6 is 0 Å². The number of methoxy groups -OCH3 is 4. The zero-order chi connectivity index (χ0) is 17.3. The van der Waals surface area contributed by atoms with E-state index in [4.69, 9.17) is 9.47 Å². The van der Waals surface area contributed by atoms with Crippen LogP contribution in [0.2, 0.25) is 0 Å². The van der Waals surface area contributed by atoms with Crippen molar-refractivity contribution in [1.29, 1.82) is 0 Å². The maximum Gasteiger partial charge on any atom is 0.335 e. The Kier molecular flexibility index (Phi) is 9.04. The van der Waals surface area contributed by atoms with Crippen molar-refractivity contribution in [3.05, 3.63) is 11.1 Å². The van der Waals surface area contributed by atoms with Gasteiger partial charge in [-0.25, -0.2) is 4.79 Å². The number of esters is 3. The summed E-state index contributed by atoms with van der Waals surface area (Å²) in [6, 6.07) is 0. The molecule has 0 aromatic heterocycles. The quantitative estimate of drug-likeness (QED) is 0.209. The fourth-order valence-electron chi connectivity index (χ4n) is 1.70. The summed E-state index contributed by atoms with van der Waals surface area (Å²) < 4.78 is 23.9. The van der Waals surface area contributed by atoms with E-state index in [1.54, 1.807) is 13.8 Å². The van der Waals surface area contributed by atoms with Gasteiger partial charge in [0.05, 0.1) is 33.0 Å². The lowest BCUT2D eigenvalue weighted by atomic mass is 9.92. The Hall–Kier alpha value is -1.93. The second-order valence-electron chi connectivity index (χ2n) is 4.28. The van der Waals surface area contributed by atoms with E-state index in [1.165, 1.54) is 7.11 Å². The highest BCUT2D eigenvalue weighted by atomic mass is 16.7. The second-order valence-corrected chi connectivity index (χ2v) is 4.28. The largest absolute Gasteiger partial charge is 0.468 e. The van der Waals surface area contributed by atoms with Crippen LogP contribution in [0, 0.1) is 5.92 Å². The molecule has 0 heterocycles. The average molecular weight is 318 g/mol. The molecular weight excluding hydrogens is 296 g/mol. The standard InChI is InChI=1S/C14H22O8/c1-8(9(2)22-7-18-3)10(12(15)19-4)11(13(16)20-5)14(17)21-6/h9,11H,7H2,1-6H3/b10-8+. The van der Waals surface area contributed by atoms with Gasteiger partial charge in [0.2, 0.25) is 0 Å². The van der Waals surface area contributed by atoms with E-state index in [0.717, 1.165) is 21.3 Å².